The Morgan fingerprint density at radius 3 is 2.36 bits per heavy atom. The first-order chi connectivity index (χ1) is 10.4. The van der Waals surface area contributed by atoms with Crippen molar-refractivity contribution in [2.75, 3.05) is 6.61 Å². The Kier molecular flexibility index (Phi) is 4.33. The van der Waals surface area contributed by atoms with E-state index in [1.165, 1.54) is 0 Å². The van der Waals surface area contributed by atoms with Crippen molar-refractivity contribution in [3.8, 4) is 0 Å². The van der Waals surface area contributed by atoms with Crippen LogP contribution in [0.4, 0.5) is 0 Å². The predicted molar refractivity (Wildman–Crippen MR) is 84.7 cm³/mol. The van der Waals surface area contributed by atoms with E-state index in [1.54, 1.807) is 16.7 Å². The van der Waals surface area contributed by atoms with Crippen LogP contribution in [-0.2, 0) is 4.74 Å². The largest absolute Gasteiger partial charge is 0.394 e. The molecular formula is C14H14Cl3NO4. The molecule has 0 saturated carbocycles. The van der Waals surface area contributed by atoms with Crippen LogP contribution in [0.2, 0.25) is 15.2 Å². The smallest absolute Gasteiger partial charge is 0.164 e. The van der Waals surface area contributed by atoms with E-state index in [0.717, 1.165) is 10.9 Å². The van der Waals surface area contributed by atoms with E-state index in [-0.39, 0.29) is 0 Å². The SMILES string of the molecule is Cc1c(Cl)n(C2O[C@H](CO)[C@@H](O)[C@H]2O)c2cc(Cl)c(Cl)cc12. The number of nitrogens with zero attached hydrogens (tertiary/aromatic N) is 1. The van der Waals surface area contributed by atoms with E-state index in [2.05, 4.69) is 0 Å². The van der Waals surface area contributed by atoms with Gasteiger partial charge in [0, 0.05) is 5.39 Å². The van der Waals surface area contributed by atoms with Gasteiger partial charge in [0.25, 0.3) is 0 Å². The zero-order chi connectivity index (χ0) is 16.2. The average molecular weight is 367 g/mol. The Morgan fingerprint density at radius 1 is 1.14 bits per heavy atom. The average Bonchev–Trinajstić information content (AvgIpc) is 2.89. The van der Waals surface area contributed by atoms with Crippen molar-refractivity contribution in [2.45, 2.75) is 31.5 Å². The number of hydrogen-bond acceptors (Lipinski definition) is 4. The Morgan fingerprint density at radius 2 is 1.77 bits per heavy atom. The van der Waals surface area contributed by atoms with Gasteiger partial charge in [0.15, 0.2) is 6.23 Å². The van der Waals surface area contributed by atoms with E-state index in [4.69, 9.17) is 39.5 Å². The number of benzene rings is 1. The fraction of sp³-hybridized carbons (Fsp3) is 0.429. The quantitative estimate of drug-likeness (QED) is 0.763. The van der Waals surface area contributed by atoms with Crippen molar-refractivity contribution in [1.29, 1.82) is 0 Å². The van der Waals surface area contributed by atoms with Crippen LogP contribution in [-0.4, -0.2) is 44.8 Å². The van der Waals surface area contributed by atoms with Gasteiger partial charge < -0.3 is 24.6 Å². The van der Waals surface area contributed by atoms with Gasteiger partial charge in [-0.25, -0.2) is 0 Å². The fourth-order valence-electron chi connectivity index (χ4n) is 2.78. The second kappa shape index (κ2) is 5.83. The molecule has 8 heteroatoms. The third kappa shape index (κ3) is 2.32. The second-order valence-corrected chi connectivity index (χ2v) is 6.47. The molecule has 0 amide bonds. The summed E-state index contributed by atoms with van der Waals surface area (Å²) in [7, 11) is 0. The molecule has 0 bridgehead atoms. The molecule has 1 fully saturated rings. The first-order valence-corrected chi connectivity index (χ1v) is 7.77. The summed E-state index contributed by atoms with van der Waals surface area (Å²) in [6.07, 6.45) is -4.23. The van der Waals surface area contributed by atoms with Crippen LogP contribution in [0, 0.1) is 6.92 Å². The van der Waals surface area contributed by atoms with Crippen molar-refractivity contribution in [3.05, 3.63) is 32.9 Å². The molecule has 0 aliphatic carbocycles. The van der Waals surface area contributed by atoms with Gasteiger partial charge in [0.05, 0.1) is 22.2 Å². The maximum absolute atomic E-state index is 10.2. The number of rotatable bonds is 2. The molecule has 3 N–H and O–H groups in total. The van der Waals surface area contributed by atoms with Crippen LogP contribution in [0.1, 0.15) is 11.8 Å². The number of aliphatic hydroxyl groups excluding tert-OH is 3. The number of aromatic nitrogens is 1. The molecule has 120 valence electrons. The van der Waals surface area contributed by atoms with Gasteiger partial charge in [0.2, 0.25) is 0 Å². The molecule has 1 saturated heterocycles. The Labute approximate surface area is 141 Å². The highest BCUT2D eigenvalue weighted by atomic mass is 35.5. The summed E-state index contributed by atoms with van der Waals surface area (Å²) in [5.41, 5.74) is 1.39. The number of ether oxygens (including phenoxy) is 1. The summed E-state index contributed by atoms with van der Waals surface area (Å²) >= 11 is 18.5. The number of aliphatic hydroxyl groups is 3. The van der Waals surface area contributed by atoms with Crippen molar-refractivity contribution < 1.29 is 20.1 Å². The summed E-state index contributed by atoms with van der Waals surface area (Å²) < 4.78 is 7.10. The number of hydrogen-bond donors (Lipinski definition) is 3. The summed E-state index contributed by atoms with van der Waals surface area (Å²) in [5, 5.41) is 31.2. The number of fused-ring (bicyclic) bond motifs is 1. The normalized spacial score (nSPS) is 28.7. The molecule has 0 spiro atoms. The molecule has 22 heavy (non-hydrogen) atoms. The fourth-order valence-corrected chi connectivity index (χ4v) is 3.39. The van der Waals surface area contributed by atoms with Crippen LogP contribution in [0.15, 0.2) is 12.1 Å². The van der Waals surface area contributed by atoms with Gasteiger partial charge in [-0.1, -0.05) is 34.8 Å². The molecule has 3 rings (SSSR count). The van der Waals surface area contributed by atoms with Crippen molar-refractivity contribution in [2.24, 2.45) is 0 Å². The van der Waals surface area contributed by atoms with Crippen LogP contribution >= 0.6 is 34.8 Å². The van der Waals surface area contributed by atoms with Crippen molar-refractivity contribution in [1.82, 2.24) is 4.57 Å². The third-order valence-corrected chi connectivity index (χ3v) is 5.18. The Hall–Kier alpha value is -0.530. The molecule has 1 unspecified atom stereocenters. The summed E-state index contributed by atoms with van der Waals surface area (Å²) in [4.78, 5) is 0. The van der Waals surface area contributed by atoms with Gasteiger partial charge in [-0.15, -0.1) is 0 Å². The zero-order valence-electron chi connectivity index (χ0n) is 11.5. The van der Waals surface area contributed by atoms with Crippen LogP contribution < -0.4 is 0 Å². The van der Waals surface area contributed by atoms with E-state index in [9.17, 15) is 15.3 Å². The molecule has 2 heterocycles. The lowest BCUT2D eigenvalue weighted by Crippen LogP contribution is -2.33. The molecule has 0 radical (unpaired) electrons. The standard InChI is InChI=1S/C14H14Cl3NO4/c1-5-6-2-7(15)8(16)3-9(6)18(13(5)17)14-12(21)11(20)10(4-19)22-14/h2-3,10-12,14,19-21H,4H2,1H3/t10-,11-,12-,14?/m1/s1. The van der Waals surface area contributed by atoms with Gasteiger partial charge >= 0.3 is 0 Å². The lowest BCUT2D eigenvalue weighted by molar-refractivity contribution is -0.0505. The maximum atomic E-state index is 10.2. The lowest BCUT2D eigenvalue weighted by Gasteiger charge is -2.19. The number of halogens is 3. The van der Waals surface area contributed by atoms with Gasteiger partial charge in [-0.2, -0.15) is 0 Å². The minimum atomic E-state index is -1.22. The second-order valence-electron chi connectivity index (χ2n) is 5.30. The van der Waals surface area contributed by atoms with E-state index >= 15 is 0 Å². The molecular weight excluding hydrogens is 353 g/mol. The van der Waals surface area contributed by atoms with Gasteiger partial charge in [0.1, 0.15) is 23.5 Å². The summed E-state index contributed by atoms with van der Waals surface area (Å²) in [6.45, 7) is 1.41. The molecule has 1 aromatic heterocycles. The molecule has 5 nitrogen and oxygen atoms in total. The maximum Gasteiger partial charge on any atom is 0.164 e. The van der Waals surface area contributed by atoms with Crippen molar-refractivity contribution >= 4 is 45.7 Å². The first kappa shape index (κ1) is 16.3. The van der Waals surface area contributed by atoms with Gasteiger partial charge in [-0.3, -0.25) is 0 Å². The minimum Gasteiger partial charge on any atom is -0.394 e. The molecule has 4 atom stereocenters. The van der Waals surface area contributed by atoms with Gasteiger partial charge in [-0.05, 0) is 24.6 Å². The Balaban J connectivity index is 2.19. The summed E-state index contributed by atoms with van der Waals surface area (Å²) in [6, 6.07) is 3.32. The van der Waals surface area contributed by atoms with Crippen LogP contribution in [0.3, 0.4) is 0 Å². The van der Waals surface area contributed by atoms with E-state index in [0.29, 0.717) is 20.7 Å². The molecule has 1 aliphatic heterocycles. The Bertz CT molecular complexity index is 733. The molecule has 1 aromatic carbocycles. The van der Waals surface area contributed by atoms with Crippen LogP contribution in [0.25, 0.3) is 10.9 Å². The van der Waals surface area contributed by atoms with Crippen molar-refractivity contribution in [3.63, 3.8) is 0 Å². The van der Waals surface area contributed by atoms with E-state index < -0.39 is 31.1 Å². The number of aryl methyl sites for hydroxylation is 1. The monoisotopic (exact) mass is 365 g/mol. The van der Waals surface area contributed by atoms with Crippen LogP contribution in [0.5, 0.6) is 0 Å². The highest BCUT2D eigenvalue weighted by Gasteiger charge is 2.44. The lowest BCUT2D eigenvalue weighted by atomic mass is 10.1. The minimum absolute atomic E-state index is 0.344. The zero-order valence-corrected chi connectivity index (χ0v) is 13.8. The topological polar surface area (TPSA) is 74.9 Å². The summed E-state index contributed by atoms with van der Waals surface area (Å²) in [5.74, 6) is 0. The molecule has 2 aromatic rings. The highest BCUT2D eigenvalue weighted by Crippen LogP contribution is 2.40. The molecule has 1 aliphatic rings. The predicted octanol–water partition coefficient (Wildman–Crippen LogP) is 2.52. The van der Waals surface area contributed by atoms with E-state index in [1.807, 2.05) is 6.92 Å². The highest BCUT2D eigenvalue weighted by molar-refractivity contribution is 6.43. The third-order valence-electron chi connectivity index (χ3n) is 3.99. The first-order valence-electron chi connectivity index (χ1n) is 6.64.